The van der Waals surface area contributed by atoms with Crippen LogP contribution in [0.1, 0.15) is 83.1 Å². The smallest absolute Gasteiger partial charge is 0.186 e. The average Bonchev–Trinajstić information content (AvgIpc) is 3.19. The van der Waals surface area contributed by atoms with E-state index in [-0.39, 0.29) is 33.2 Å². The molecule has 4 nitrogen and oxygen atoms in total. The van der Waals surface area contributed by atoms with Crippen LogP contribution in [0.2, 0.25) is 0 Å². The molecule has 1 heterocycles. The highest BCUT2D eigenvalue weighted by Crippen LogP contribution is 2.40. The van der Waals surface area contributed by atoms with E-state index in [1.807, 2.05) is 37.4 Å². The number of Topliss-reactive ketones (excluding diaryl/α,β-unsaturated/α-hetero) is 2. The Morgan fingerprint density at radius 3 is 1.26 bits per heavy atom. The van der Waals surface area contributed by atoms with E-state index in [1.165, 1.54) is 0 Å². The quantitative estimate of drug-likeness (QED) is 0.362. The molecule has 2 aliphatic rings. The van der Waals surface area contributed by atoms with Crippen LogP contribution in [0.4, 0.5) is 0 Å². The number of aromatic nitrogens is 2. The van der Waals surface area contributed by atoms with Gasteiger partial charge in [-0.1, -0.05) is 113 Å². The van der Waals surface area contributed by atoms with Crippen molar-refractivity contribution in [2.24, 2.45) is 28.7 Å². The topological polar surface area (TPSA) is 52.0 Å². The summed E-state index contributed by atoms with van der Waals surface area (Å²) in [5, 5.41) is 1.74. The Labute approximate surface area is 252 Å². The number of hydrogen-bond donors (Lipinski definition) is 0. The van der Waals surface area contributed by atoms with Gasteiger partial charge < -0.3 is 4.57 Å². The van der Waals surface area contributed by atoms with Gasteiger partial charge in [0.2, 0.25) is 0 Å². The number of allylic oxidation sites excluding steroid dienone is 8. The van der Waals surface area contributed by atoms with E-state index in [2.05, 4.69) is 112 Å². The zero-order valence-electron chi connectivity index (χ0n) is 27.9. The number of hydrogen-bond acceptors (Lipinski definition) is 3. The maximum absolute atomic E-state index is 13.8. The number of imidazole rings is 1. The van der Waals surface area contributed by atoms with E-state index in [1.54, 1.807) is 0 Å². The number of carbonyl (C=O) groups excluding carboxylic acids is 2. The van der Waals surface area contributed by atoms with Gasteiger partial charge >= 0.3 is 0 Å². The largest absolute Gasteiger partial charge is 0.327 e. The van der Waals surface area contributed by atoms with Gasteiger partial charge in [0.25, 0.3) is 0 Å². The predicted octanol–water partition coefficient (Wildman–Crippen LogP) is 7.44. The minimum atomic E-state index is -0.340. The Hall–Kier alpha value is -3.53. The maximum atomic E-state index is 13.8. The van der Waals surface area contributed by atoms with Crippen molar-refractivity contribution < 1.29 is 9.59 Å². The third-order valence-corrected chi connectivity index (χ3v) is 8.08. The SMILES string of the molecule is Cn1c(-c2ccccc2)nc(=C2C=C(C(C)(C)C)C(=O)C(C(C)(C)C)=C2)c1=C1C=C(C(C)(C)C)C(=O)C(C(C)(C)C)=C1. The lowest BCUT2D eigenvalue weighted by atomic mass is 9.71. The maximum Gasteiger partial charge on any atom is 0.186 e. The number of nitrogens with zero attached hydrogens (tertiary/aromatic N) is 2. The molecule has 0 radical (unpaired) electrons. The number of benzene rings is 1. The van der Waals surface area contributed by atoms with Crippen LogP contribution in [0.15, 0.2) is 76.9 Å². The summed E-state index contributed by atoms with van der Waals surface area (Å²) in [5.74, 6) is 1.04. The van der Waals surface area contributed by atoms with E-state index in [0.717, 1.165) is 55.5 Å². The fourth-order valence-corrected chi connectivity index (χ4v) is 5.64. The molecule has 0 aliphatic heterocycles. The normalized spacial score (nSPS) is 17.3. The van der Waals surface area contributed by atoms with E-state index in [9.17, 15) is 9.59 Å². The van der Waals surface area contributed by atoms with E-state index in [4.69, 9.17) is 4.98 Å². The van der Waals surface area contributed by atoms with Gasteiger partial charge in [0, 0.05) is 46.0 Å². The van der Waals surface area contributed by atoms with Crippen molar-refractivity contribution >= 4 is 22.7 Å². The minimum Gasteiger partial charge on any atom is -0.327 e. The predicted molar refractivity (Wildman–Crippen MR) is 175 cm³/mol. The molecule has 2 aromatic rings. The standard InChI is InChI=1S/C38H48N2O2/c1-35(2,3)26-19-24(20-27(32(26)41)36(4,5)6)30-31(40(13)34(39-30)23-17-15-14-16-18-23)25-21-28(37(7,8)9)33(42)29(22-25)38(10,11)12/h14-22H,1-13H3. The van der Waals surface area contributed by atoms with Gasteiger partial charge in [-0.2, -0.15) is 0 Å². The van der Waals surface area contributed by atoms with Crippen molar-refractivity contribution in [3.63, 3.8) is 0 Å². The van der Waals surface area contributed by atoms with Gasteiger partial charge in [0.05, 0.1) is 10.7 Å². The van der Waals surface area contributed by atoms with E-state index >= 15 is 0 Å². The summed E-state index contributed by atoms with van der Waals surface area (Å²) in [6.45, 7) is 25.1. The fourth-order valence-electron chi connectivity index (χ4n) is 5.64. The van der Waals surface area contributed by atoms with Crippen LogP contribution in [-0.4, -0.2) is 21.1 Å². The lowest BCUT2D eigenvalue weighted by molar-refractivity contribution is -0.114. The molecule has 0 amide bonds. The van der Waals surface area contributed by atoms with Crippen molar-refractivity contribution in [2.75, 3.05) is 0 Å². The van der Waals surface area contributed by atoms with E-state index in [0.29, 0.717) is 0 Å². The van der Waals surface area contributed by atoms with Gasteiger partial charge in [-0.3, -0.25) is 9.59 Å². The highest BCUT2D eigenvalue weighted by atomic mass is 16.1. The number of ketones is 2. The summed E-state index contributed by atoms with van der Waals surface area (Å²) in [6.07, 6.45) is 8.19. The monoisotopic (exact) mass is 564 g/mol. The van der Waals surface area contributed by atoms with Crippen LogP contribution in [0, 0.1) is 21.7 Å². The van der Waals surface area contributed by atoms with Crippen molar-refractivity contribution in [3.05, 3.63) is 87.6 Å². The van der Waals surface area contributed by atoms with Gasteiger partial charge in [-0.25, -0.2) is 4.98 Å². The van der Waals surface area contributed by atoms with Crippen LogP contribution < -0.4 is 10.7 Å². The molecule has 42 heavy (non-hydrogen) atoms. The van der Waals surface area contributed by atoms with Crippen LogP contribution >= 0.6 is 0 Å². The molecule has 0 bridgehead atoms. The highest BCUT2D eigenvalue weighted by Gasteiger charge is 2.36. The fraction of sp³-hybridized carbons (Fsp3) is 0.447. The Kier molecular flexibility index (Phi) is 7.72. The highest BCUT2D eigenvalue weighted by molar-refractivity contribution is 6.15. The Morgan fingerprint density at radius 2 is 0.905 bits per heavy atom. The summed E-state index contributed by atoms with van der Waals surface area (Å²) in [4.78, 5) is 32.9. The van der Waals surface area contributed by atoms with Gasteiger partial charge in [-0.15, -0.1) is 0 Å². The number of rotatable bonds is 1. The summed E-state index contributed by atoms with van der Waals surface area (Å²) < 4.78 is 2.14. The summed E-state index contributed by atoms with van der Waals surface area (Å²) in [5.41, 5.74) is 4.67. The Morgan fingerprint density at radius 1 is 0.548 bits per heavy atom. The first kappa shape index (κ1) is 31.4. The summed E-state index contributed by atoms with van der Waals surface area (Å²) >= 11 is 0. The molecule has 1 aromatic heterocycles. The molecule has 4 rings (SSSR count). The first-order valence-electron chi connectivity index (χ1n) is 15.0. The zero-order chi connectivity index (χ0) is 31.6. The van der Waals surface area contributed by atoms with Crippen molar-refractivity contribution in [1.82, 2.24) is 9.55 Å². The second-order valence-corrected chi connectivity index (χ2v) is 15.9. The average molecular weight is 565 g/mol. The molecule has 4 heteroatoms. The second kappa shape index (κ2) is 10.3. The summed E-state index contributed by atoms with van der Waals surface area (Å²) in [7, 11) is 2.05. The molecule has 222 valence electrons. The molecule has 0 unspecified atom stereocenters. The third-order valence-electron chi connectivity index (χ3n) is 8.08. The Bertz CT molecular complexity index is 1640. The molecule has 0 fully saturated rings. The zero-order valence-corrected chi connectivity index (χ0v) is 27.9. The van der Waals surface area contributed by atoms with Crippen molar-refractivity contribution in [3.8, 4) is 11.4 Å². The molecule has 0 atom stereocenters. The molecule has 0 N–H and O–H groups in total. The molecule has 2 aliphatic carbocycles. The molecule has 1 aromatic carbocycles. The van der Waals surface area contributed by atoms with Gasteiger partial charge in [0.1, 0.15) is 5.82 Å². The van der Waals surface area contributed by atoms with Crippen molar-refractivity contribution in [1.29, 1.82) is 0 Å². The lowest BCUT2D eigenvalue weighted by Gasteiger charge is -2.31. The van der Waals surface area contributed by atoms with Crippen LogP contribution in [0.3, 0.4) is 0 Å². The first-order chi connectivity index (χ1) is 19.1. The van der Waals surface area contributed by atoms with E-state index < -0.39 is 0 Å². The third kappa shape index (κ3) is 5.86. The lowest BCUT2D eigenvalue weighted by Crippen LogP contribution is -2.36. The molecule has 0 saturated carbocycles. The van der Waals surface area contributed by atoms with Gasteiger partial charge in [-0.05, 0) is 46.0 Å². The number of carbonyl (C=O) groups is 2. The second-order valence-electron chi connectivity index (χ2n) is 15.9. The Balaban J connectivity index is 2.31. The van der Waals surface area contributed by atoms with Crippen LogP contribution in [-0.2, 0) is 16.6 Å². The molecular formula is C38H48N2O2. The van der Waals surface area contributed by atoms with Crippen LogP contribution in [0.5, 0.6) is 0 Å². The van der Waals surface area contributed by atoms with Crippen molar-refractivity contribution in [2.45, 2.75) is 83.1 Å². The molecule has 0 saturated heterocycles. The molecular weight excluding hydrogens is 516 g/mol. The summed E-state index contributed by atoms with van der Waals surface area (Å²) in [6, 6.07) is 10.2. The van der Waals surface area contributed by atoms with Crippen LogP contribution in [0.25, 0.3) is 22.5 Å². The minimum absolute atomic E-state index is 0.0975. The molecule has 0 spiro atoms. The first-order valence-corrected chi connectivity index (χ1v) is 15.0. The van der Waals surface area contributed by atoms with Gasteiger partial charge in [0.15, 0.2) is 11.6 Å².